The van der Waals surface area contributed by atoms with Crippen molar-refractivity contribution in [2.45, 2.75) is 0 Å². The van der Waals surface area contributed by atoms with Gasteiger partial charge in [0.25, 0.3) is 0 Å². The maximum absolute atomic E-state index is 4.25. The summed E-state index contributed by atoms with van der Waals surface area (Å²) in [7, 11) is 1.88. The van der Waals surface area contributed by atoms with Gasteiger partial charge in [0.05, 0.1) is 5.39 Å². The Hall–Kier alpha value is -1.95. The first-order valence-electron chi connectivity index (χ1n) is 4.78. The molecule has 0 saturated heterocycles. The Labute approximate surface area is 95.8 Å². The number of anilines is 2. The highest BCUT2D eigenvalue weighted by molar-refractivity contribution is 7.16. The molecule has 0 aliphatic heterocycles. The van der Waals surface area contributed by atoms with Crippen molar-refractivity contribution in [3.05, 3.63) is 30.0 Å². The number of hydrogen-bond donors (Lipinski definition) is 1. The van der Waals surface area contributed by atoms with Crippen LogP contribution in [-0.4, -0.2) is 19.7 Å². The molecule has 0 spiro atoms. The summed E-state index contributed by atoms with van der Waals surface area (Å²) in [5, 5.41) is 10.5. The summed E-state index contributed by atoms with van der Waals surface area (Å²) in [5.41, 5.74) is 0. The zero-order valence-corrected chi connectivity index (χ0v) is 9.40. The number of nitrogens with zero attached hydrogens (tertiary/aromatic N) is 4. The van der Waals surface area contributed by atoms with E-state index in [1.165, 1.54) is 0 Å². The van der Waals surface area contributed by atoms with E-state index < -0.39 is 0 Å². The fourth-order valence-electron chi connectivity index (χ4n) is 1.49. The standard InChI is InChI=1S/C10H9N5S/c1-15-4-2-8(14-15)13-9-7-3-5-16-10(7)12-6-11-9/h2-6H,1H3,(H,11,12,13,14). The normalized spacial score (nSPS) is 10.8. The second kappa shape index (κ2) is 3.57. The molecule has 0 aliphatic rings. The number of rotatable bonds is 2. The van der Waals surface area contributed by atoms with Crippen LogP contribution < -0.4 is 5.32 Å². The van der Waals surface area contributed by atoms with Gasteiger partial charge >= 0.3 is 0 Å². The molecule has 0 fully saturated rings. The topological polar surface area (TPSA) is 55.6 Å². The van der Waals surface area contributed by atoms with Crippen LogP contribution in [0.1, 0.15) is 0 Å². The minimum Gasteiger partial charge on any atom is -0.323 e. The lowest BCUT2D eigenvalue weighted by Gasteiger charge is -2.02. The SMILES string of the molecule is Cn1ccc(Nc2ncnc3sccc23)n1. The Bertz CT molecular complexity index is 627. The lowest BCUT2D eigenvalue weighted by atomic mass is 10.4. The monoisotopic (exact) mass is 231 g/mol. The maximum atomic E-state index is 4.25. The van der Waals surface area contributed by atoms with E-state index in [1.807, 2.05) is 30.8 Å². The van der Waals surface area contributed by atoms with Crippen molar-refractivity contribution in [3.8, 4) is 0 Å². The molecule has 0 saturated carbocycles. The summed E-state index contributed by atoms with van der Waals surface area (Å²) in [6.07, 6.45) is 3.44. The zero-order chi connectivity index (χ0) is 11.0. The third kappa shape index (κ3) is 1.53. The number of aryl methyl sites for hydroxylation is 1. The Morgan fingerprint density at radius 1 is 1.31 bits per heavy atom. The molecular formula is C10H9N5S. The van der Waals surface area contributed by atoms with Gasteiger partial charge in [-0.2, -0.15) is 5.10 Å². The highest BCUT2D eigenvalue weighted by atomic mass is 32.1. The van der Waals surface area contributed by atoms with E-state index in [4.69, 9.17) is 0 Å². The van der Waals surface area contributed by atoms with Crippen molar-refractivity contribution < 1.29 is 0 Å². The van der Waals surface area contributed by atoms with Gasteiger partial charge in [-0.3, -0.25) is 4.68 Å². The van der Waals surface area contributed by atoms with Crippen LogP contribution in [0.3, 0.4) is 0 Å². The van der Waals surface area contributed by atoms with Gasteiger partial charge in [0.15, 0.2) is 5.82 Å². The van der Waals surface area contributed by atoms with Crippen LogP contribution in [-0.2, 0) is 7.05 Å². The van der Waals surface area contributed by atoms with Crippen LogP contribution >= 0.6 is 11.3 Å². The zero-order valence-electron chi connectivity index (χ0n) is 8.58. The largest absolute Gasteiger partial charge is 0.323 e. The predicted octanol–water partition coefficient (Wildman–Crippen LogP) is 2.17. The smallest absolute Gasteiger partial charge is 0.153 e. The Balaban J connectivity index is 2.03. The molecule has 0 amide bonds. The molecule has 6 heteroatoms. The van der Waals surface area contributed by atoms with E-state index >= 15 is 0 Å². The predicted molar refractivity (Wildman–Crippen MR) is 63.9 cm³/mol. The van der Waals surface area contributed by atoms with E-state index in [9.17, 15) is 0 Å². The molecule has 0 atom stereocenters. The Morgan fingerprint density at radius 3 is 3.06 bits per heavy atom. The molecule has 0 bridgehead atoms. The molecule has 3 aromatic heterocycles. The number of thiophene rings is 1. The summed E-state index contributed by atoms with van der Waals surface area (Å²) in [6, 6.07) is 3.91. The van der Waals surface area contributed by atoms with E-state index in [2.05, 4.69) is 20.4 Å². The lowest BCUT2D eigenvalue weighted by molar-refractivity contribution is 0.771. The highest BCUT2D eigenvalue weighted by Gasteiger charge is 2.05. The van der Waals surface area contributed by atoms with Gasteiger partial charge in [-0.25, -0.2) is 9.97 Å². The molecule has 3 rings (SSSR count). The van der Waals surface area contributed by atoms with Crippen LogP contribution in [0.5, 0.6) is 0 Å². The van der Waals surface area contributed by atoms with Crippen LogP contribution in [0.2, 0.25) is 0 Å². The number of nitrogens with one attached hydrogen (secondary N) is 1. The first-order chi connectivity index (χ1) is 7.83. The minimum atomic E-state index is 0.786. The van der Waals surface area contributed by atoms with Gasteiger partial charge in [0.2, 0.25) is 0 Å². The first kappa shape index (κ1) is 9.29. The molecule has 0 radical (unpaired) electrons. The molecule has 5 nitrogen and oxygen atoms in total. The van der Waals surface area contributed by atoms with E-state index in [1.54, 1.807) is 22.3 Å². The maximum Gasteiger partial charge on any atom is 0.153 e. The lowest BCUT2D eigenvalue weighted by Crippen LogP contribution is -1.96. The van der Waals surface area contributed by atoms with Crippen LogP contribution in [0, 0.1) is 0 Å². The average Bonchev–Trinajstić information content (AvgIpc) is 2.87. The summed E-state index contributed by atoms with van der Waals surface area (Å²) in [4.78, 5) is 9.39. The molecule has 16 heavy (non-hydrogen) atoms. The van der Waals surface area contributed by atoms with E-state index in [-0.39, 0.29) is 0 Å². The molecule has 80 valence electrons. The molecule has 3 heterocycles. The van der Waals surface area contributed by atoms with Crippen LogP contribution in [0.15, 0.2) is 30.0 Å². The molecule has 0 unspecified atom stereocenters. The Kier molecular flexibility index (Phi) is 2.07. The molecule has 0 aliphatic carbocycles. The third-order valence-corrected chi connectivity index (χ3v) is 3.04. The van der Waals surface area contributed by atoms with Gasteiger partial charge in [0.1, 0.15) is 17.0 Å². The number of hydrogen-bond acceptors (Lipinski definition) is 5. The second-order valence-corrected chi connectivity index (χ2v) is 4.26. The average molecular weight is 231 g/mol. The first-order valence-corrected chi connectivity index (χ1v) is 5.66. The second-order valence-electron chi connectivity index (χ2n) is 3.36. The van der Waals surface area contributed by atoms with Crippen molar-refractivity contribution in [1.82, 2.24) is 19.7 Å². The van der Waals surface area contributed by atoms with Gasteiger partial charge in [-0.1, -0.05) is 0 Å². The summed E-state index contributed by atoms with van der Waals surface area (Å²) >= 11 is 1.60. The molecular weight excluding hydrogens is 222 g/mol. The summed E-state index contributed by atoms with van der Waals surface area (Å²) in [5.74, 6) is 1.58. The quantitative estimate of drug-likeness (QED) is 0.734. The van der Waals surface area contributed by atoms with Crippen molar-refractivity contribution in [3.63, 3.8) is 0 Å². The molecule has 3 aromatic rings. The van der Waals surface area contributed by atoms with E-state index in [0.717, 1.165) is 21.9 Å². The van der Waals surface area contributed by atoms with Gasteiger partial charge < -0.3 is 5.32 Å². The van der Waals surface area contributed by atoms with Gasteiger partial charge in [-0.15, -0.1) is 11.3 Å². The summed E-state index contributed by atoms with van der Waals surface area (Å²) < 4.78 is 1.74. The Morgan fingerprint density at radius 2 is 2.25 bits per heavy atom. The van der Waals surface area contributed by atoms with Crippen molar-refractivity contribution in [2.75, 3.05) is 5.32 Å². The van der Waals surface area contributed by atoms with Crippen LogP contribution in [0.25, 0.3) is 10.2 Å². The number of aromatic nitrogens is 4. The van der Waals surface area contributed by atoms with Crippen LogP contribution in [0.4, 0.5) is 11.6 Å². The van der Waals surface area contributed by atoms with Crippen molar-refractivity contribution in [2.24, 2.45) is 7.05 Å². The van der Waals surface area contributed by atoms with E-state index in [0.29, 0.717) is 0 Å². The number of fused-ring (bicyclic) bond motifs is 1. The van der Waals surface area contributed by atoms with Gasteiger partial charge in [0, 0.05) is 19.3 Å². The van der Waals surface area contributed by atoms with Crippen molar-refractivity contribution >= 4 is 33.2 Å². The fraction of sp³-hybridized carbons (Fsp3) is 0.100. The minimum absolute atomic E-state index is 0.786. The molecule has 1 N–H and O–H groups in total. The third-order valence-electron chi connectivity index (χ3n) is 2.22. The van der Waals surface area contributed by atoms with Gasteiger partial charge in [-0.05, 0) is 11.4 Å². The summed E-state index contributed by atoms with van der Waals surface area (Å²) in [6.45, 7) is 0. The van der Waals surface area contributed by atoms with Crippen molar-refractivity contribution in [1.29, 1.82) is 0 Å². The fourth-order valence-corrected chi connectivity index (χ4v) is 2.23. The molecule has 0 aromatic carbocycles. The highest BCUT2D eigenvalue weighted by Crippen LogP contribution is 2.25.